The van der Waals surface area contributed by atoms with Gasteiger partial charge in [-0.3, -0.25) is 4.79 Å². The number of amides is 1. The second-order valence-corrected chi connectivity index (χ2v) is 8.10. The van der Waals surface area contributed by atoms with E-state index in [-0.39, 0.29) is 10.8 Å². The van der Waals surface area contributed by atoms with Crippen molar-refractivity contribution in [3.8, 4) is 0 Å². The van der Waals surface area contributed by atoms with Crippen molar-refractivity contribution in [2.75, 3.05) is 26.2 Å². The smallest absolute Gasteiger partial charge is 0.251 e. The molecule has 0 unspecified atom stereocenters. The van der Waals surface area contributed by atoms with Gasteiger partial charge in [0.05, 0.1) is 4.90 Å². The van der Waals surface area contributed by atoms with E-state index in [0.717, 1.165) is 19.6 Å². The number of likely N-dealkylation sites (tertiary alicyclic amines) is 1. The normalized spacial score (nSPS) is 22.7. The van der Waals surface area contributed by atoms with Crippen molar-refractivity contribution >= 4 is 15.9 Å². The number of sulfonamides is 1. The van der Waals surface area contributed by atoms with Gasteiger partial charge in [-0.15, -0.1) is 0 Å². The first-order valence-electron chi connectivity index (χ1n) is 7.89. The summed E-state index contributed by atoms with van der Waals surface area (Å²) in [6.45, 7) is 7.95. The fourth-order valence-electron chi connectivity index (χ4n) is 3.22. The quantitative estimate of drug-likeness (QED) is 0.838. The summed E-state index contributed by atoms with van der Waals surface area (Å²) in [6, 6.07) is 5.77. The van der Waals surface area contributed by atoms with E-state index < -0.39 is 10.0 Å². The van der Waals surface area contributed by atoms with Crippen LogP contribution < -0.4 is 10.5 Å². The van der Waals surface area contributed by atoms with Gasteiger partial charge in [-0.1, -0.05) is 19.9 Å². The van der Waals surface area contributed by atoms with Crippen molar-refractivity contribution in [3.63, 3.8) is 0 Å². The van der Waals surface area contributed by atoms with Crippen molar-refractivity contribution in [2.45, 2.75) is 25.2 Å². The number of nitrogens with two attached hydrogens (primary N) is 1. The molecule has 1 saturated heterocycles. The highest BCUT2D eigenvalue weighted by atomic mass is 32.2. The van der Waals surface area contributed by atoms with Crippen LogP contribution in [0, 0.1) is 11.8 Å². The highest BCUT2D eigenvalue weighted by Crippen LogP contribution is 2.20. The largest absolute Gasteiger partial charge is 0.351 e. The number of hydrogen-bond donors (Lipinski definition) is 2. The van der Waals surface area contributed by atoms with Crippen molar-refractivity contribution < 1.29 is 13.2 Å². The van der Waals surface area contributed by atoms with Gasteiger partial charge in [0, 0.05) is 31.7 Å². The van der Waals surface area contributed by atoms with Gasteiger partial charge in [-0.25, -0.2) is 13.6 Å². The maximum absolute atomic E-state index is 12.1. The van der Waals surface area contributed by atoms with Gasteiger partial charge in [0.2, 0.25) is 10.0 Å². The number of nitrogens with zero attached hydrogens (tertiary/aromatic N) is 1. The molecule has 1 fully saturated rings. The van der Waals surface area contributed by atoms with Gasteiger partial charge in [-0.05, 0) is 36.5 Å². The average molecular weight is 339 g/mol. The summed E-state index contributed by atoms with van der Waals surface area (Å²) >= 11 is 0. The summed E-state index contributed by atoms with van der Waals surface area (Å²) in [5, 5.41) is 7.92. The Morgan fingerprint density at radius 2 is 1.96 bits per heavy atom. The molecule has 1 amide bonds. The van der Waals surface area contributed by atoms with Gasteiger partial charge < -0.3 is 10.2 Å². The zero-order valence-corrected chi connectivity index (χ0v) is 14.5. The fourth-order valence-corrected chi connectivity index (χ4v) is 3.78. The molecule has 1 aromatic rings. The fraction of sp³-hybridized carbons (Fsp3) is 0.562. The van der Waals surface area contributed by atoms with Crippen LogP contribution in [0.4, 0.5) is 0 Å². The predicted molar refractivity (Wildman–Crippen MR) is 89.5 cm³/mol. The van der Waals surface area contributed by atoms with E-state index in [4.69, 9.17) is 5.14 Å². The van der Waals surface area contributed by atoms with E-state index in [9.17, 15) is 13.2 Å². The molecule has 1 aromatic carbocycles. The Bertz CT molecular complexity index is 650. The Labute approximate surface area is 138 Å². The molecule has 0 spiro atoms. The molecule has 1 aliphatic heterocycles. The second-order valence-electron chi connectivity index (χ2n) is 6.53. The minimum atomic E-state index is -3.80. The molecule has 0 aliphatic carbocycles. The van der Waals surface area contributed by atoms with E-state index in [2.05, 4.69) is 24.1 Å². The van der Waals surface area contributed by atoms with Gasteiger partial charge in [0.15, 0.2) is 0 Å². The molecule has 7 heteroatoms. The first-order valence-corrected chi connectivity index (χ1v) is 9.43. The molecule has 2 atom stereocenters. The Kier molecular flexibility index (Phi) is 5.78. The van der Waals surface area contributed by atoms with Crippen LogP contribution >= 0.6 is 0 Å². The molecule has 23 heavy (non-hydrogen) atoms. The van der Waals surface area contributed by atoms with Gasteiger partial charge in [-0.2, -0.15) is 0 Å². The molecule has 0 saturated carbocycles. The standard InChI is InChI=1S/C16H25N3O3S/c1-12-8-13(2)11-19(10-12)7-6-18-16(20)14-4-3-5-15(9-14)23(17,21)22/h3-5,9,12-13H,6-8,10-11H2,1-2H3,(H,18,20)(H2,17,21,22)/t12-,13-/m1/s1. The molecule has 0 aromatic heterocycles. The molecule has 1 heterocycles. The molecule has 0 bridgehead atoms. The van der Waals surface area contributed by atoms with E-state index in [0.29, 0.717) is 23.9 Å². The SMILES string of the molecule is C[C@@H]1C[C@@H](C)CN(CCNC(=O)c2cccc(S(N)(=O)=O)c2)C1. The van der Waals surface area contributed by atoms with Crippen molar-refractivity contribution in [1.29, 1.82) is 0 Å². The molecule has 6 nitrogen and oxygen atoms in total. The summed E-state index contributed by atoms with van der Waals surface area (Å²) in [7, 11) is -3.80. The maximum Gasteiger partial charge on any atom is 0.251 e. The number of carbonyl (C=O) groups is 1. The van der Waals surface area contributed by atoms with Gasteiger partial charge >= 0.3 is 0 Å². The molecule has 128 valence electrons. The number of rotatable bonds is 5. The number of primary sulfonamides is 1. The Hall–Kier alpha value is -1.44. The third-order valence-corrected chi connectivity index (χ3v) is 4.99. The third-order valence-electron chi connectivity index (χ3n) is 4.08. The zero-order valence-electron chi connectivity index (χ0n) is 13.7. The first-order chi connectivity index (χ1) is 10.8. The van der Waals surface area contributed by atoms with E-state index >= 15 is 0 Å². The number of piperidine rings is 1. The van der Waals surface area contributed by atoms with E-state index in [1.807, 2.05) is 0 Å². The predicted octanol–water partition coefficient (Wildman–Crippen LogP) is 1.04. The molecular formula is C16H25N3O3S. The minimum Gasteiger partial charge on any atom is -0.351 e. The summed E-state index contributed by atoms with van der Waals surface area (Å²) < 4.78 is 22.7. The maximum atomic E-state index is 12.1. The number of benzene rings is 1. The number of hydrogen-bond acceptors (Lipinski definition) is 4. The highest BCUT2D eigenvalue weighted by Gasteiger charge is 2.21. The first kappa shape index (κ1) is 17.9. The van der Waals surface area contributed by atoms with Crippen molar-refractivity contribution in [1.82, 2.24) is 10.2 Å². The van der Waals surface area contributed by atoms with Crippen LogP contribution in [0.3, 0.4) is 0 Å². The second kappa shape index (κ2) is 7.42. The number of nitrogens with one attached hydrogen (secondary N) is 1. The molecule has 1 aliphatic rings. The molecule has 3 N–H and O–H groups in total. The number of carbonyl (C=O) groups excluding carboxylic acids is 1. The summed E-state index contributed by atoms with van der Waals surface area (Å²) in [5.74, 6) is 1.08. The van der Waals surface area contributed by atoms with Crippen LogP contribution in [0.5, 0.6) is 0 Å². The van der Waals surface area contributed by atoms with Gasteiger partial charge in [0.25, 0.3) is 5.91 Å². The lowest BCUT2D eigenvalue weighted by atomic mass is 9.92. The molecule has 2 rings (SSSR count). The monoisotopic (exact) mass is 339 g/mol. The highest BCUT2D eigenvalue weighted by molar-refractivity contribution is 7.89. The van der Waals surface area contributed by atoms with Crippen LogP contribution in [0.1, 0.15) is 30.6 Å². The Morgan fingerprint density at radius 1 is 1.30 bits per heavy atom. The van der Waals surface area contributed by atoms with Crippen LogP contribution in [0.25, 0.3) is 0 Å². The van der Waals surface area contributed by atoms with Crippen LogP contribution in [0.2, 0.25) is 0 Å². The third kappa shape index (κ3) is 5.30. The zero-order chi connectivity index (χ0) is 17.0. The van der Waals surface area contributed by atoms with Crippen LogP contribution in [0.15, 0.2) is 29.2 Å². The summed E-state index contributed by atoms with van der Waals surface area (Å²) in [5.41, 5.74) is 0.303. The van der Waals surface area contributed by atoms with E-state index in [1.54, 1.807) is 6.07 Å². The average Bonchev–Trinajstić information content (AvgIpc) is 2.45. The lowest BCUT2D eigenvalue weighted by Crippen LogP contribution is -2.42. The minimum absolute atomic E-state index is 0.0520. The molecular weight excluding hydrogens is 314 g/mol. The van der Waals surface area contributed by atoms with Crippen molar-refractivity contribution in [3.05, 3.63) is 29.8 Å². The lowest BCUT2D eigenvalue weighted by Gasteiger charge is -2.34. The summed E-state index contributed by atoms with van der Waals surface area (Å²) in [6.07, 6.45) is 1.25. The van der Waals surface area contributed by atoms with E-state index in [1.165, 1.54) is 24.6 Å². The van der Waals surface area contributed by atoms with Crippen molar-refractivity contribution in [2.24, 2.45) is 17.0 Å². The lowest BCUT2D eigenvalue weighted by molar-refractivity contribution is 0.0936. The van der Waals surface area contributed by atoms with Crippen LogP contribution in [-0.2, 0) is 10.0 Å². The molecule has 0 radical (unpaired) electrons. The summed E-state index contributed by atoms with van der Waals surface area (Å²) in [4.78, 5) is 14.4. The Morgan fingerprint density at radius 3 is 2.57 bits per heavy atom. The van der Waals surface area contributed by atoms with Crippen LogP contribution in [-0.4, -0.2) is 45.4 Å². The Balaban J connectivity index is 1.88. The van der Waals surface area contributed by atoms with Gasteiger partial charge in [0.1, 0.15) is 0 Å². The topological polar surface area (TPSA) is 92.5 Å².